The molecule has 2 N–H and O–H groups in total. The fraction of sp³-hybridized carbons (Fsp3) is 1.00. The fourth-order valence-corrected chi connectivity index (χ4v) is 1.71. The number of hydrogen-bond acceptors (Lipinski definition) is 5. The Morgan fingerprint density at radius 1 is 1.31 bits per heavy atom. The summed E-state index contributed by atoms with van der Waals surface area (Å²) < 4.78 is 16.0. The molecule has 2 saturated heterocycles. The molecule has 2 heterocycles. The van der Waals surface area contributed by atoms with Crippen LogP contribution >= 0.6 is 0 Å². The van der Waals surface area contributed by atoms with Crippen LogP contribution in [0.3, 0.4) is 0 Å². The average Bonchev–Trinajstić information content (AvgIpc) is 2.47. The van der Waals surface area contributed by atoms with Gasteiger partial charge in [0.05, 0.1) is 6.61 Å². The van der Waals surface area contributed by atoms with Gasteiger partial charge in [-0.1, -0.05) is 0 Å². The molecule has 0 aromatic rings. The third-order valence-electron chi connectivity index (χ3n) is 2.29. The van der Waals surface area contributed by atoms with Crippen molar-refractivity contribution in [3.8, 4) is 0 Å². The van der Waals surface area contributed by atoms with Crippen molar-refractivity contribution in [1.29, 1.82) is 0 Å². The van der Waals surface area contributed by atoms with E-state index in [-0.39, 0.29) is 6.61 Å². The van der Waals surface area contributed by atoms with Gasteiger partial charge >= 0.3 is 0 Å². The van der Waals surface area contributed by atoms with Gasteiger partial charge in [0.25, 0.3) is 0 Å². The van der Waals surface area contributed by atoms with Crippen LogP contribution < -0.4 is 0 Å². The third-order valence-corrected chi connectivity index (χ3v) is 2.29. The average molecular weight is 190 g/mol. The summed E-state index contributed by atoms with van der Waals surface area (Å²) in [5.74, 6) is -0.712. The van der Waals surface area contributed by atoms with Gasteiger partial charge in [0.1, 0.15) is 18.3 Å². The quantitative estimate of drug-likeness (QED) is 0.567. The van der Waals surface area contributed by atoms with E-state index in [1.807, 2.05) is 0 Å². The molecule has 4 atom stereocenters. The molecule has 0 aromatic heterocycles. The SMILES string of the molecule is CC1(C)O[C@@H]2O[C@@H](CO)[C@H](O)[C@H]2O1. The summed E-state index contributed by atoms with van der Waals surface area (Å²) in [5, 5.41) is 18.4. The maximum absolute atomic E-state index is 9.60. The molecule has 0 bridgehead atoms. The van der Waals surface area contributed by atoms with E-state index in [1.54, 1.807) is 13.8 Å². The van der Waals surface area contributed by atoms with Gasteiger partial charge in [-0.3, -0.25) is 0 Å². The Bertz CT molecular complexity index is 205. The van der Waals surface area contributed by atoms with Crippen LogP contribution in [0.4, 0.5) is 0 Å². The molecule has 0 amide bonds. The number of ether oxygens (including phenoxy) is 3. The first-order valence-electron chi connectivity index (χ1n) is 4.33. The molecule has 5 nitrogen and oxygen atoms in total. The normalized spacial score (nSPS) is 48.0. The maximum atomic E-state index is 9.60. The summed E-state index contributed by atoms with van der Waals surface area (Å²) in [7, 11) is 0. The van der Waals surface area contributed by atoms with Gasteiger partial charge in [-0.25, -0.2) is 0 Å². The number of fused-ring (bicyclic) bond motifs is 1. The van der Waals surface area contributed by atoms with E-state index in [4.69, 9.17) is 19.3 Å². The van der Waals surface area contributed by atoms with E-state index >= 15 is 0 Å². The van der Waals surface area contributed by atoms with Crippen LogP contribution in [0.15, 0.2) is 0 Å². The first-order valence-corrected chi connectivity index (χ1v) is 4.33. The first kappa shape index (κ1) is 9.36. The zero-order valence-corrected chi connectivity index (χ0v) is 7.64. The summed E-state index contributed by atoms with van der Waals surface area (Å²) in [5.41, 5.74) is 0. The Morgan fingerprint density at radius 3 is 2.54 bits per heavy atom. The standard InChI is InChI=1S/C8H14O5/c1-8(2)12-6-5(10)4(3-9)11-7(6)13-8/h4-7,9-10H,3H2,1-2H3/t4-,5-,6+,7-/m0/s1. The van der Waals surface area contributed by atoms with Gasteiger partial charge in [-0.15, -0.1) is 0 Å². The van der Waals surface area contributed by atoms with E-state index < -0.39 is 30.4 Å². The highest BCUT2D eigenvalue weighted by Crippen LogP contribution is 2.36. The van der Waals surface area contributed by atoms with Crippen LogP contribution in [0.2, 0.25) is 0 Å². The zero-order valence-electron chi connectivity index (χ0n) is 7.64. The lowest BCUT2D eigenvalue weighted by Crippen LogP contribution is -2.36. The molecule has 0 unspecified atom stereocenters. The first-order chi connectivity index (χ1) is 6.03. The Morgan fingerprint density at radius 2 is 2.00 bits per heavy atom. The zero-order chi connectivity index (χ0) is 9.64. The van der Waals surface area contributed by atoms with Crippen LogP contribution in [0.5, 0.6) is 0 Å². The number of hydrogen-bond donors (Lipinski definition) is 2. The van der Waals surface area contributed by atoms with Crippen molar-refractivity contribution < 1.29 is 24.4 Å². The monoisotopic (exact) mass is 190 g/mol. The van der Waals surface area contributed by atoms with Crippen molar-refractivity contribution in [2.75, 3.05) is 6.61 Å². The topological polar surface area (TPSA) is 68.2 Å². The molecule has 0 radical (unpaired) electrons. The van der Waals surface area contributed by atoms with Crippen molar-refractivity contribution in [1.82, 2.24) is 0 Å². The second-order valence-corrected chi connectivity index (χ2v) is 3.82. The van der Waals surface area contributed by atoms with E-state index in [1.165, 1.54) is 0 Å². The molecule has 2 aliphatic heterocycles. The van der Waals surface area contributed by atoms with Crippen LogP contribution in [0, 0.1) is 0 Å². The summed E-state index contributed by atoms with van der Waals surface area (Å²) in [4.78, 5) is 0. The molecule has 2 aliphatic rings. The van der Waals surface area contributed by atoms with E-state index in [2.05, 4.69) is 0 Å². The predicted molar refractivity (Wildman–Crippen MR) is 41.8 cm³/mol. The molecule has 0 aliphatic carbocycles. The van der Waals surface area contributed by atoms with Gasteiger partial charge in [-0.2, -0.15) is 0 Å². The largest absolute Gasteiger partial charge is 0.394 e. The molecular formula is C8H14O5. The summed E-state index contributed by atoms with van der Waals surface area (Å²) in [6, 6.07) is 0. The molecule has 2 rings (SSSR count). The maximum Gasteiger partial charge on any atom is 0.190 e. The minimum Gasteiger partial charge on any atom is -0.394 e. The fourth-order valence-electron chi connectivity index (χ4n) is 1.71. The highest BCUT2D eigenvalue weighted by molar-refractivity contribution is 4.92. The van der Waals surface area contributed by atoms with Crippen molar-refractivity contribution in [2.24, 2.45) is 0 Å². The summed E-state index contributed by atoms with van der Waals surface area (Å²) in [6.07, 6.45) is -2.43. The smallest absolute Gasteiger partial charge is 0.190 e. The second-order valence-electron chi connectivity index (χ2n) is 3.82. The van der Waals surface area contributed by atoms with E-state index in [9.17, 15) is 5.11 Å². The lowest BCUT2D eigenvalue weighted by atomic mass is 10.1. The van der Waals surface area contributed by atoms with Crippen LogP contribution in [0.25, 0.3) is 0 Å². The van der Waals surface area contributed by atoms with Crippen molar-refractivity contribution in [3.63, 3.8) is 0 Å². The minimum atomic E-state index is -0.809. The Kier molecular flexibility index (Phi) is 2.08. The molecule has 13 heavy (non-hydrogen) atoms. The van der Waals surface area contributed by atoms with Gasteiger partial charge in [0.15, 0.2) is 12.1 Å². The van der Waals surface area contributed by atoms with Gasteiger partial charge < -0.3 is 24.4 Å². The molecular weight excluding hydrogens is 176 g/mol. The van der Waals surface area contributed by atoms with Crippen molar-refractivity contribution in [2.45, 2.75) is 44.2 Å². The Hall–Kier alpha value is -0.200. The lowest BCUT2D eigenvalue weighted by Gasteiger charge is -2.21. The molecule has 0 aromatic carbocycles. The summed E-state index contributed by atoms with van der Waals surface area (Å²) in [6.45, 7) is 3.30. The minimum absolute atomic E-state index is 0.221. The van der Waals surface area contributed by atoms with Crippen LogP contribution in [-0.4, -0.2) is 47.2 Å². The molecule has 2 fully saturated rings. The van der Waals surface area contributed by atoms with E-state index in [0.717, 1.165) is 0 Å². The van der Waals surface area contributed by atoms with Gasteiger partial charge in [0.2, 0.25) is 0 Å². The molecule has 0 spiro atoms. The lowest BCUT2D eigenvalue weighted by molar-refractivity contribution is -0.218. The van der Waals surface area contributed by atoms with E-state index in [0.29, 0.717) is 0 Å². The van der Waals surface area contributed by atoms with Crippen molar-refractivity contribution in [3.05, 3.63) is 0 Å². The van der Waals surface area contributed by atoms with Gasteiger partial charge in [0, 0.05) is 0 Å². The molecule has 76 valence electrons. The summed E-state index contributed by atoms with van der Waals surface area (Å²) >= 11 is 0. The van der Waals surface area contributed by atoms with Crippen LogP contribution in [0.1, 0.15) is 13.8 Å². The predicted octanol–water partition coefficient (Wildman–Crippen LogP) is -0.784. The van der Waals surface area contributed by atoms with Crippen LogP contribution in [-0.2, 0) is 14.2 Å². The highest BCUT2D eigenvalue weighted by Gasteiger charge is 2.53. The molecule has 0 saturated carbocycles. The van der Waals surface area contributed by atoms with Gasteiger partial charge in [-0.05, 0) is 13.8 Å². The van der Waals surface area contributed by atoms with Crippen molar-refractivity contribution >= 4 is 0 Å². The Labute approximate surface area is 76.2 Å². The third kappa shape index (κ3) is 1.47. The number of aliphatic hydroxyl groups excluding tert-OH is 2. The number of rotatable bonds is 1. The second kappa shape index (κ2) is 2.90. The number of aliphatic hydroxyl groups is 2. The highest BCUT2D eigenvalue weighted by atomic mass is 16.8. The Balaban J connectivity index is 2.07. The molecule has 5 heteroatoms.